The van der Waals surface area contributed by atoms with Crippen molar-refractivity contribution in [2.45, 2.75) is 30.6 Å². The third-order valence-electron chi connectivity index (χ3n) is 1.92. The standard InChI is InChI=1S/C7H12O2S/c1-5(10)6(8)7(9-2)3-4-7/h5,10H,3-4H2,1-2H3. The van der Waals surface area contributed by atoms with Crippen molar-refractivity contribution < 1.29 is 9.53 Å². The lowest BCUT2D eigenvalue weighted by Crippen LogP contribution is -2.30. The van der Waals surface area contributed by atoms with E-state index in [4.69, 9.17) is 4.74 Å². The minimum atomic E-state index is -0.443. The Labute approximate surface area is 66.4 Å². The van der Waals surface area contributed by atoms with Crippen LogP contribution in [0, 0.1) is 0 Å². The molecule has 0 aromatic rings. The molecule has 0 bridgehead atoms. The van der Waals surface area contributed by atoms with Crippen LogP contribution in [0.5, 0.6) is 0 Å². The number of ketones is 1. The maximum Gasteiger partial charge on any atom is 0.176 e. The van der Waals surface area contributed by atoms with Gasteiger partial charge in [0, 0.05) is 7.11 Å². The molecule has 0 heterocycles. The quantitative estimate of drug-likeness (QED) is 0.625. The van der Waals surface area contributed by atoms with Gasteiger partial charge in [-0.15, -0.1) is 0 Å². The Kier molecular flexibility index (Phi) is 2.06. The molecule has 1 saturated carbocycles. The number of hydrogen-bond acceptors (Lipinski definition) is 3. The summed E-state index contributed by atoms with van der Waals surface area (Å²) in [6, 6.07) is 0. The van der Waals surface area contributed by atoms with Crippen molar-refractivity contribution in [1.29, 1.82) is 0 Å². The van der Waals surface area contributed by atoms with Gasteiger partial charge in [-0.2, -0.15) is 12.6 Å². The Morgan fingerprint density at radius 1 is 1.70 bits per heavy atom. The Morgan fingerprint density at radius 3 is 2.30 bits per heavy atom. The predicted molar refractivity (Wildman–Crippen MR) is 42.4 cm³/mol. The molecule has 2 nitrogen and oxygen atoms in total. The van der Waals surface area contributed by atoms with Crippen LogP contribution in [0.2, 0.25) is 0 Å². The number of Topliss-reactive ketones (excluding diaryl/α,β-unsaturated/α-hetero) is 1. The number of hydrogen-bond donors (Lipinski definition) is 1. The molecule has 1 aliphatic rings. The number of ether oxygens (including phenoxy) is 1. The van der Waals surface area contributed by atoms with Crippen LogP contribution in [0.15, 0.2) is 0 Å². The topological polar surface area (TPSA) is 26.3 Å². The summed E-state index contributed by atoms with van der Waals surface area (Å²) in [4.78, 5) is 11.3. The highest BCUT2D eigenvalue weighted by Gasteiger charge is 2.50. The van der Waals surface area contributed by atoms with E-state index in [1.54, 1.807) is 14.0 Å². The van der Waals surface area contributed by atoms with E-state index in [-0.39, 0.29) is 11.0 Å². The van der Waals surface area contributed by atoms with Crippen molar-refractivity contribution in [2.75, 3.05) is 7.11 Å². The fourth-order valence-electron chi connectivity index (χ4n) is 1.05. The Morgan fingerprint density at radius 2 is 2.20 bits per heavy atom. The van der Waals surface area contributed by atoms with E-state index >= 15 is 0 Å². The molecule has 0 N–H and O–H groups in total. The molecule has 0 aromatic carbocycles. The lowest BCUT2D eigenvalue weighted by atomic mass is 10.1. The molecule has 10 heavy (non-hydrogen) atoms. The van der Waals surface area contributed by atoms with Crippen molar-refractivity contribution >= 4 is 18.4 Å². The highest BCUT2D eigenvalue weighted by molar-refractivity contribution is 7.81. The maximum atomic E-state index is 11.3. The first-order chi connectivity index (χ1) is 4.62. The lowest BCUT2D eigenvalue weighted by Gasteiger charge is -2.13. The summed E-state index contributed by atoms with van der Waals surface area (Å²) in [5, 5.41) is -0.192. The van der Waals surface area contributed by atoms with Gasteiger partial charge in [0.05, 0.1) is 5.25 Å². The van der Waals surface area contributed by atoms with E-state index < -0.39 is 5.60 Å². The van der Waals surface area contributed by atoms with Gasteiger partial charge in [-0.25, -0.2) is 0 Å². The number of methoxy groups -OCH3 is 1. The van der Waals surface area contributed by atoms with E-state index in [2.05, 4.69) is 12.6 Å². The van der Waals surface area contributed by atoms with E-state index in [0.717, 1.165) is 12.8 Å². The summed E-state index contributed by atoms with van der Waals surface area (Å²) >= 11 is 4.05. The number of thiol groups is 1. The van der Waals surface area contributed by atoms with Crippen molar-refractivity contribution in [2.24, 2.45) is 0 Å². The third kappa shape index (κ3) is 1.20. The average molecular weight is 160 g/mol. The van der Waals surface area contributed by atoms with Crippen molar-refractivity contribution in [3.8, 4) is 0 Å². The summed E-state index contributed by atoms with van der Waals surface area (Å²) in [5.41, 5.74) is -0.443. The van der Waals surface area contributed by atoms with Gasteiger partial charge in [0.1, 0.15) is 5.60 Å². The van der Waals surface area contributed by atoms with E-state index in [1.807, 2.05) is 0 Å². The highest BCUT2D eigenvalue weighted by Crippen LogP contribution is 2.41. The molecule has 1 atom stereocenters. The number of carbonyl (C=O) groups excluding carboxylic acids is 1. The van der Waals surface area contributed by atoms with Crippen LogP contribution in [-0.2, 0) is 9.53 Å². The fourth-order valence-corrected chi connectivity index (χ4v) is 1.28. The average Bonchev–Trinajstić information content (AvgIpc) is 2.66. The predicted octanol–water partition coefficient (Wildman–Crippen LogP) is 1.05. The van der Waals surface area contributed by atoms with Crippen LogP contribution < -0.4 is 0 Å². The molecule has 0 aliphatic heterocycles. The number of rotatable bonds is 3. The number of carbonyl (C=O) groups is 1. The van der Waals surface area contributed by atoms with Crippen molar-refractivity contribution in [1.82, 2.24) is 0 Å². The molecule has 0 aromatic heterocycles. The van der Waals surface area contributed by atoms with Crippen LogP contribution in [0.1, 0.15) is 19.8 Å². The zero-order valence-corrected chi connectivity index (χ0v) is 7.15. The van der Waals surface area contributed by atoms with E-state index in [1.165, 1.54) is 0 Å². The third-order valence-corrected chi connectivity index (χ3v) is 2.16. The summed E-state index contributed by atoms with van der Waals surface area (Å²) in [6.45, 7) is 1.78. The molecule has 0 radical (unpaired) electrons. The molecule has 1 unspecified atom stereocenters. The van der Waals surface area contributed by atoms with Crippen LogP contribution in [0.3, 0.4) is 0 Å². The molecular formula is C7H12O2S. The Hall–Kier alpha value is -0.0200. The summed E-state index contributed by atoms with van der Waals surface area (Å²) in [5.74, 6) is 0.123. The van der Waals surface area contributed by atoms with Crippen molar-refractivity contribution in [3.05, 3.63) is 0 Å². The Bertz CT molecular complexity index is 150. The van der Waals surface area contributed by atoms with E-state index in [0.29, 0.717) is 0 Å². The van der Waals surface area contributed by atoms with Gasteiger partial charge in [-0.05, 0) is 19.8 Å². The summed E-state index contributed by atoms with van der Waals surface area (Å²) in [7, 11) is 1.58. The SMILES string of the molecule is COC1(C(=O)C(C)S)CC1. The molecule has 1 aliphatic carbocycles. The molecule has 0 spiro atoms. The van der Waals surface area contributed by atoms with Gasteiger partial charge < -0.3 is 4.74 Å². The summed E-state index contributed by atoms with van der Waals surface area (Å²) in [6.07, 6.45) is 1.74. The highest BCUT2D eigenvalue weighted by atomic mass is 32.1. The minimum Gasteiger partial charge on any atom is -0.370 e. The maximum absolute atomic E-state index is 11.3. The monoisotopic (exact) mass is 160 g/mol. The van der Waals surface area contributed by atoms with Crippen LogP contribution in [-0.4, -0.2) is 23.7 Å². The largest absolute Gasteiger partial charge is 0.370 e. The van der Waals surface area contributed by atoms with Crippen molar-refractivity contribution in [3.63, 3.8) is 0 Å². The molecule has 0 amide bonds. The molecule has 3 heteroatoms. The first-order valence-corrected chi connectivity index (χ1v) is 3.91. The zero-order chi connectivity index (χ0) is 7.78. The second-order valence-corrected chi connectivity index (χ2v) is 3.51. The van der Waals surface area contributed by atoms with Gasteiger partial charge in [-0.3, -0.25) is 4.79 Å². The van der Waals surface area contributed by atoms with Gasteiger partial charge in [0.2, 0.25) is 0 Å². The van der Waals surface area contributed by atoms with Gasteiger partial charge >= 0.3 is 0 Å². The normalized spacial score (nSPS) is 23.9. The first kappa shape index (κ1) is 8.08. The van der Waals surface area contributed by atoms with Gasteiger partial charge in [-0.1, -0.05) is 0 Å². The van der Waals surface area contributed by atoms with Crippen LogP contribution in [0.4, 0.5) is 0 Å². The molecule has 0 saturated heterocycles. The molecule has 1 rings (SSSR count). The minimum absolute atomic E-state index is 0.123. The van der Waals surface area contributed by atoms with Gasteiger partial charge in [0.15, 0.2) is 5.78 Å². The molecular weight excluding hydrogens is 148 g/mol. The van der Waals surface area contributed by atoms with Crippen LogP contribution >= 0.6 is 12.6 Å². The summed E-state index contributed by atoms with van der Waals surface area (Å²) < 4.78 is 5.07. The molecule has 58 valence electrons. The second-order valence-electron chi connectivity index (χ2n) is 2.74. The van der Waals surface area contributed by atoms with Gasteiger partial charge in [0.25, 0.3) is 0 Å². The van der Waals surface area contributed by atoms with E-state index in [9.17, 15) is 4.79 Å². The first-order valence-electron chi connectivity index (χ1n) is 3.40. The fraction of sp³-hybridized carbons (Fsp3) is 0.857. The Balaban J connectivity index is 2.56. The second kappa shape index (κ2) is 2.55. The lowest BCUT2D eigenvalue weighted by molar-refractivity contribution is -0.130. The zero-order valence-electron chi connectivity index (χ0n) is 6.26. The van der Waals surface area contributed by atoms with Crippen LogP contribution in [0.25, 0.3) is 0 Å². The molecule has 1 fully saturated rings. The smallest absolute Gasteiger partial charge is 0.176 e.